The van der Waals surface area contributed by atoms with Crippen LogP contribution in [0.1, 0.15) is 33.5 Å². The van der Waals surface area contributed by atoms with E-state index >= 15 is 0 Å². The molecule has 0 bridgehead atoms. The normalized spacial score (nSPS) is 12.2. The van der Waals surface area contributed by atoms with E-state index in [4.69, 9.17) is 16.3 Å². The van der Waals surface area contributed by atoms with Gasteiger partial charge in [-0.3, -0.25) is 0 Å². The molecule has 0 heterocycles. The van der Waals surface area contributed by atoms with E-state index in [1.807, 2.05) is 18.2 Å². The lowest BCUT2D eigenvalue weighted by Gasteiger charge is -2.15. The molecule has 0 amide bonds. The summed E-state index contributed by atoms with van der Waals surface area (Å²) in [5.74, 6) is 0.901. The highest BCUT2D eigenvalue weighted by atomic mass is 79.9. The van der Waals surface area contributed by atoms with Gasteiger partial charge in [0.25, 0.3) is 0 Å². The third kappa shape index (κ3) is 4.24. The van der Waals surface area contributed by atoms with Crippen LogP contribution < -0.4 is 4.74 Å². The smallest absolute Gasteiger partial charge is 0.118 e. The van der Waals surface area contributed by atoms with Gasteiger partial charge in [0, 0.05) is 9.85 Å². The summed E-state index contributed by atoms with van der Waals surface area (Å²) >= 11 is 9.98. The van der Waals surface area contributed by atoms with Gasteiger partial charge in [0.2, 0.25) is 0 Å². The molecule has 3 heteroatoms. The molecule has 0 aliphatic carbocycles. The van der Waals surface area contributed by atoms with Crippen molar-refractivity contribution in [2.24, 2.45) is 0 Å². The number of ether oxygens (including phenoxy) is 1. The molecule has 2 aromatic rings. The fraction of sp³-hybridized carbons (Fsp3) is 0.333. The molecule has 0 aliphatic heterocycles. The minimum Gasteiger partial charge on any atom is -0.497 e. The SMILES string of the molecule is COc1ccc(CCC(Br)c2cc(C)c(Cl)cc2C)cc1. The summed E-state index contributed by atoms with van der Waals surface area (Å²) in [5.41, 5.74) is 5.02. The Balaban J connectivity index is 2.04. The van der Waals surface area contributed by atoms with Crippen molar-refractivity contribution in [3.05, 3.63) is 63.7 Å². The standard InChI is InChI=1S/C18H20BrClO/c1-12-11-18(20)13(2)10-16(12)17(19)9-6-14-4-7-15(21-3)8-5-14/h4-5,7-8,10-11,17H,6,9H2,1-3H3. The quantitative estimate of drug-likeness (QED) is 0.586. The van der Waals surface area contributed by atoms with Gasteiger partial charge >= 0.3 is 0 Å². The lowest BCUT2D eigenvalue weighted by Crippen LogP contribution is -1.98. The van der Waals surface area contributed by atoms with E-state index in [0.29, 0.717) is 4.83 Å². The number of aryl methyl sites for hydroxylation is 3. The Morgan fingerprint density at radius 1 is 1.10 bits per heavy atom. The van der Waals surface area contributed by atoms with Gasteiger partial charge in [-0.15, -0.1) is 0 Å². The van der Waals surface area contributed by atoms with Crippen LogP contribution in [0, 0.1) is 13.8 Å². The van der Waals surface area contributed by atoms with Crippen molar-refractivity contribution in [3.8, 4) is 5.75 Å². The molecule has 2 aromatic carbocycles. The Morgan fingerprint density at radius 2 is 1.76 bits per heavy atom. The monoisotopic (exact) mass is 366 g/mol. The second-order valence-electron chi connectivity index (χ2n) is 5.31. The topological polar surface area (TPSA) is 9.23 Å². The summed E-state index contributed by atoms with van der Waals surface area (Å²) in [6.45, 7) is 4.16. The van der Waals surface area contributed by atoms with E-state index in [2.05, 4.69) is 48.0 Å². The molecule has 0 spiro atoms. The average Bonchev–Trinajstić information content (AvgIpc) is 2.49. The van der Waals surface area contributed by atoms with E-state index in [9.17, 15) is 0 Å². The van der Waals surface area contributed by atoms with E-state index < -0.39 is 0 Å². The van der Waals surface area contributed by atoms with Gasteiger partial charge in [-0.25, -0.2) is 0 Å². The molecule has 0 fully saturated rings. The third-order valence-electron chi connectivity index (χ3n) is 3.73. The molecule has 1 nitrogen and oxygen atoms in total. The van der Waals surface area contributed by atoms with E-state index in [-0.39, 0.29) is 0 Å². The Hall–Kier alpha value is -0.990. The highest BCUT2D eigenvalue weighted by Gasteiger charge is 2.12. The molecule has 2 rings (SSSR count). The summed E-state index contributed by atoms with van der Waals surface area (Å²) < 4.78 is 5.18. The minimum absolute atomic E-state index is 0.343. The third-order valence-corrected chi connectivity index (χ3v) is 5.09. The van der Waals surface area contributed by atoms with Gasteiger partial charge < -0.3 is 4.74 Å². The molecule has 0 saturated heterocycles. The summed E-state index contributed by atoms with van der Waals surface area (Å²) in [5, 5.41) is 0.839. The predicted octanol–water partition coefficient (Wildman–Crippen LogP) is 6.03. The maximum Gasteiger partial charge on any atom is 0.118 e. The van der Waals surface area contributed by atoms with Gasteiger partial charge in [-0.2, -0.15) is 0 Å². The molecule has 112 valence electrons. The van der Waals surface area contributed by atoms with Crippen LogP contribution in [0.5, 0.6) is 5.75 Å². The summed E-state index contributed by atoms with van der Waals surface area (Å²) in [6, 6.07) is 12.5. The highest BCUT2D eigenvalue weighted by Crippen LogP contribution is 2.33. The van der Waals surface area contributed by atoms with Gasteiger partial charge in [-0.1, -0.05) is 45.7 Å². The van der Waals surface area contributed by atoms with Crippen LogP contribution in [0.3, 0.4) is 0 Å². The van der Waals surface area contributed by atoms with Gasteiger partial charge in [0.15, 0.2) is 0 Å². The van der Waals surface area contributed by atoms with Crippen molar-refractivity contribution in [2.75, 3.05) is 7.11 Å². The first-order chi connectivity index (χ1) is 10.0. The number of rotatable bonds is 5. The second-order valence-corrected chi connectivity index (χ2v) is 6.82. The Labute approximate surface area is 140 Å². The predicted molar refractivity (Wildman–Crippen MR) is 93.9 cm³/mol. The van der Waals surface area contributed by atoms with Crippen LogP contribution >= 0.6 is 27.5 Å². The molecule has 0 aromatic heterocycles. The minimum atomic E-state index is 0.343. The number of hydrogen-bond acceptors (Lipinski definition) is 1. The molecule has 0 N–H and O–H groups in total. The first kappa shape index (κ1) is 16.4. The number of alkyl halides is 1. The summed E-state index contributed by atoms with van der Waals surface area (Å²) in [7, 11) is 1.69. The number of methoxy groups -OCH3 is 1. The molecule has 0 saturated carbocycles. The molecule has 1 atom stereocenters. The molecule has 0 aliphatic rings. The van der Waals surface area contributed by atoms with Crippen molar-refractivity contribution in [1.82, 2.24) is 0 Å². The molecule has 1 unspecified atom stereocenters. The summed E-state index contributed by atoms with van der Waals surface area (Å²) in [6.07, 6.45) is 2.08. The Kier molecular flexibility index (Phi) is 5.72. The molecule has 0 radical (unpaired) electrons. The Morgan fingerprint density at radius 3 is 2.38 bits per heavy atom. The number of halogens is 2. The molecular formula is C18H20BrClO. The summed E-state index contributed by atoms with van der Waals surface area (Å²) in [4.78, 5) is 0.343. The largest absolute Gasteiger partial charge is 0.497 e. The van der Waals surface area contributed by atoms with E-state index in [1.165, 1.54) is 16.7 Å². The highest BCUT2D eigenvalue weighted by molar-refractivity contribution is 9.09. The Bertz CT molecular complexity index is 607. The van der Waals surface area contributed by atoms with Crippen molar-refractivity contribution < 1.29 is 4.74 Å². The van der Waals surface area contributed by atoms with Crippen LogP contribution in [0.4, 0.5) is 0 Å². The van der Waals surface area contributed by atoms with Gasteiger partial charge in [0.05, 0.1) is 7.11 Å². The van der Waals surface area contributed by atoms with Crippen LogP contribution in [0.2, 0.25) is 5.02 Å². The van der Waals surface area contributed by atoms with Crippen molar-refractivity contribution in [2.45, 2.75) is 31.5 Å². The van der Waals surface area contributed by atoms with Gasteiger partial charge in [-0.05, 0) is 67.1 Å². The van der Waals surface area contributed by atoms with Crippen LogP contribution in [-0.4, -0.2) is 7.11 Å². The van der Waals surface area contributed by atoms with Gasteiger partial charge in [0.1, 0.15) is 5.75 Å². The first-order valence-corrected chi connectivity index (χ1v) is 8.34. The lowest BCUT2D eigenvalue weighted by molar-refractivity contribution is 0.414. The zero-order valence-electron chi connectivity index (χ0n) is 12.6. The maximum absolute atomic E-state index is 6.16. The van der Waals surface area contributed by atoms with E-state index in [0.717, 1.165) is 29.2 Å². The van der Waals surface area contributed by atoms with Crippen molar-refractivity contribution in [3.63, 3.8) is 0 Å². The fourth-order valence-corrected chi connectivity index (χ4v) is 3.32. The number of hydrogen-bond donors (Lipinski definition) is 0. The van der Waals surface area contributed by atoms with Crippen LogP contribution in [0.25, 0.3) is 0 Å². The van der Waals surface area contributed by atoms with Crippen molar-refractivity contribution >= 4 is 27.5 Å². The molecular weight excluding hydrogens is 348 g/mol. The van der Waals surface area contributed by atoms with Crippen LogP contribution in [-0.2, 0) is 6.42 Å². The zero-order chi connectivity index (χ0) is 15.4. The zero-order valence-corrected chi connectivity index (χ0v) is 15.0. The second kappa shape index (κ2) is 7.33. The maximum atomic E-state index is 6.16. The molecule has 21 heavy (non-hydrogen) atoms. The van der Waals surface area contributed by atoms with Crippen LogP contribution in [0.15, 0.2) is 36.4 Å². The van der Waals surface area contributed by atoms with Crippen molar-refractivity contribution in [1.29, 1.82) is 0 Å². The first-order valence-electron chi connectivity index (χ1n) is 7.05. The average molecular weight is 368 g/mol. The number of benzene rings is 2. The lowest BCUT2D eigenvalue weighted by atomic mass is 9.98. The fourth-order valence-electron chi connectivity index (χ4n) is 2.38. The van der Waals surface area contributed by atoms with E-state index in [1.54, 1.807) is 7.11 Å².